The summed E-state index contributed by atoms with van der Waals surface area (Å²) in [5, 5.41) is 3.21. The number of anilines is 1. The minimum Gasteiger partial charge on any atom is -0.465 e. The lowest BCUT2D eigenvalue weighted by atomic mass is 10.1. The molecule has 0 spiro atoms. The number of hydrogen-bond donors (Lipinski definition) is 1. The monoisotopic (exact) mass is 430 g/mol. The number of ether oxygens (including phenoxy) is 2. The fraction of sp³-hybridized carbons (Fsp3) is 0.0833. The van der Waals surface area contributed by atoms with E-state index in [9.17, 15) is 14.4 Å². The number of pyridine rings is 1. The number of benzene rings is 2. The van der Waals surface area contributed by atoms with Crippen molar-refractivity contribution in [2.75, 3.05) is 19.0 Å². The summed E-state index contributed by atoms with van der Waals surface area (Å²) in [7, 11) is 1.29. The topological polar surface area (TPSA) is 108 Å². The van der Waals surface area contributed by atoms with Gasteiger partial charge in [0, 0.05) is 11.1 Å². The molecule has 8 heteroatoms. The fourth-order valence-electron chi connectivity index (χ4n) is 3.11. The Morgan fingerprint density at radius 2 is 1.75 bits per heavy atom. The highest BCUT2D eigenvalue weighted by molar-refractivity contribution is 6.05. The maximum atomic E-state index is 12.8. The molecule has 0 unspecified atom stereocenters. The number of para-hydroxylation sites is 1. The molecule has 160 valence electrons. The molecule has 4 rings (SSSR count). The highest BCUT2D eigenvalue weighted by atomic mass is 16.5. The molecular weight excluding hydrogens is 412 g/mol. The van der Waals surface area contributed by atoms with E-state index in [0.29, 0.717) is 33.6 Å². The van der Waals surface area contributed by atoms with Gasteiger partial charge in [0.1, 0.15) is 5.69 Å². The molecule has 2 aromatic carbocycles. The van der Waals surface area contributed by atoms with Crippen molar-refractivity contribution in [3.05, 3.63) is 84.1 Å². The molecule has 0 fully saturated rings. The molecule has 0 atom stereocenters. The third-order valence-electron chi connectivity index (χ3n) is 4.63. The van der Waals surface area contributed by atoms with Gasteiger partial charge in [-0.05, 0) is 48.5 Å². The molecule has 0 saturated carbocycles. The van der Waals surface area contributed by atoms with Crippen LogP contribution in [-0.4, -0.2) is 36.5 Å². The number of fused-ring (bicyclic) bond motifs is 1. The van der Waals surface area contributed by atoms with Gasteiger partial charge in [0.05, 0.1) is 30.0 Å². The summed E-state index contributed by atoms with van der Waals surface area (Å²) < 4.78 is 15.3. The predicted octanol–water partition coefficient (Wildman–Crippen LogP) is 4.08. The van der Waals surface area contributed by atoms with Gasteiger partial charge in [0.25, 0.3) is 5.91 Å². The lowest BCUT2D eigenvalue weighted by Gasteiger charge is -2.10. The maximum Gasteiger partial charge on any atom is 0.339 e. The Morgan fingerprint density at radius 1 is 0.969 bits per heavy atom. The second kappa shape index (κ2) is 9.13. The molecule has 0 bridgehead atoms. The quantitative estimate of drug-likeness (QED) is 0.459. The maximum absolute atomic E-state index is 12.8. The summed E-state index contributed by atoms with van der Waals surface area (Å²) in [6, 6.07) is 18.3. The number of carbonyl (C=O) groups is 3. The zero-order chi connectivity index (χ0) is 22.5. The van der Waals surface area contributed by atoms with E-state index in [0.717, 1.165) is 0 Å². The summed E-state index contributed by atoms with van der Waals surface area (Å²) >= 11 is 0. The van der Waals surface area contributed by atoms with E-state index in [2.05, 4.69) is 15.0 Å². The highest BCUT2D eigenvalue weighted by Crippen LogP contribution is 2.25. The van der Waals surface area contributed by atoms with Crippen molar-refractivity contribution in [1.29, 1.82) is 0 Å². The number of hydrogen-bond acceptors (Lipinski definition) is 7. The van der Waals surface area contributed by atoms with Crippen molar-refractivity contribution in [1.82, 2.24) is 4.98 Å². The summed E-state index contributed by atoms with van der Waals surface area (Å²) in [5.41, 5.74) is 2.17. The normalized spacial score (nSPS) is 10.5. The summed E-state index contributed by atoms with van der Waals surface area (Å²) in [6.45, 7) is -0.482. The van der Waals surface area contributed by atoms with Crippen LogP contribution in [-0.2, 0) is 14.3 Å². The van der Waals surface area contributed by atoms with E-state index in [4.69, 9.17) is 9.15 Å². The first kappa shape index (κ1) is 20.8. The number of nitrogens with zero attached hydrogens (tertiary/aromatic N) is 1. The average Bonchev–Trinajstić information content (AvgIpc) is 3.37. The predicted molar refractivity (Wildman–Crippen MR) is 116 cm³/mol. The van der Waals surface area contributed by atoms with E-state index < -0.39 is 24.5 Å². The van der Waals surface area contributed by atoms with Crippen LogP contribution in [0.5, 0.6) is 0 Å². The number of amides is 1. The average molecular weight is 430 g/mol. The molecule has 32 heavy (non-hydrogen) atoms. The second-order valence-corrected chi connectivity index (χ2v) is 6.74. The molecular formula is C24H18N2O6. The van der Waals surface area contributed by atoms with Gasteiger partial charge in [-0.15, -0.1) is 0 Å². The largest absolute Gasteiger partial charge is 0.465 e. The van der Waals surface area contributed by atoms with Gasteiger partial charge in [-0.3, -0.25) is 4.79 Å². The highest BCUT2D eigenvalue weighted by Gasteiger charge is 2.17. The Morgan fingerprint density at radius 3 is 2.47 bits per heavy atom. The number of aromatic nitrogens is 1. The van der Waals surface area contributed by atoms with Gasteiger partial charge in [-0.1, -0.05) is 18.2 Å². The van der Waals surface area contributed by atoms with Gasteiger partial charge in [-0.25, -0.2) is 14.6 Å². The molecule has 1 amide bonds. The van der Waals surface area contributed by atoms with Crippen molar-refractivity contribution >= 4 is 34.4 Å². The number of methoxy groups -OCH3 is 1. The zero-order valence-corrected chi connectivity index (χ0v) is 17.0. The van der Waals surface area contributed by atoms with E-state index in [1.54, 1.807) is 48.5 Å². The Balaban J connectivity index is 1.47. The molecule has 2 aromatic heterocycles. The molecule has 0 aliphatic heterocycles. The first-order valence-electron chi connectivity index (χ1n) is 9.64. The van der Waals surface area contributed by atoms with Crippen LogP contribution in [0.15, 0.2) is 77.4 Å². The van der Waals surface area contributed by atoms with Gasteiger partial charge < -0.3 is 19.2 Å². The van der Waals surface area contributed by atoms with Crippen molar-refractivity contribution in [3.8, 4) is 11.5 Å². The van der Waals surface area contributed by atoms with Gasteiger partial charge in [0.2, 0.25) is 0 Å². The van der Waals surface area contributed by atoms with Gasteiger partial charge >= 0.3 is 11.9 Å². The number of rotatable bonds is 6. The first-order valence-corrected chi connectivity index (χ1v) is 9.64. The Kier molecular flexibility index (Phi) is 5.94. The summed E-state index contributed by atoms with van der Waals surface area (Å²) in [4.78, 5) is 41.0. The van der Waals surface area contributed by atoms with E-state index in [1.807, 2.05) is 6.07 Å². The van der Waals surface area contributed by atoms with Crippen LogP contribution in [0, 0.1) is 0 Å². The Hall–Kier alpha value is -4.46. The molecule has 4 aromatic rings. The van der Waals surface area contributed by atoms with Crippen LogP contribution in [0.4, 0.5) is 5.69 Å². The molecule has 2 heterocycles. The Bertz CT molecular complexity index is 1280. The second-order valence-electron chi connectivity index (χ2n) is 6.74. The number of nitrogens with one attached hydrogen (secondary N) is 1. The third kappa shape index (κ3) is 4.49. The minimum atomic E-state index is -0.660. The van der Waals surface area contributed by atoms with E-state index in [1.165, 1.54) is 25.5 Å². The third-order valence-corrected chi connectivity index (χ3v) is 4.63. The van der Waals surface area contributed by atoms with Crippen LogP contribution in [0.3, 0.4) is 0 Å². The van der Waals surface area contributed by atoms with Crippen molar-refractivity contribution in [3.63, 3.8) is 0 Å². The van der Waals surface area contributed by atoms with Crippen LogP contribution in [0.1, 0.15) is 20.7 Å². The zero-order valence-electron chi connectivity index (χ0n) is 17.0. The smallest absolute Gasteiger partial charge is 0.339 e. The van der Waals surface area contributed by atoms with Gasteiger partial charge in [0.15, 0.2) is 12.4 Å². The lowest BCUT2D eigenvalue weighted by molar-refractivity contribution is -0.119. The SMILES string of the molecule is COC(=O)c1ccc(NC(=O)COC(=O)c2cc(-c3ccco3)nc3ccccc23)cc1. The van der Waals surface area contributed by atoms with Crippen LogP contribution in [0.2, 0.25) is 0 Å². The molecule has 8 nitrogen and oxygen atoms in total. The standard InChI is InChI=1S/C24H18N2O6/c1-30-23(28)15-8-10-16(11-9-15)25-22(27)14-32-24(29)18-13-20(21-7-4-12-31-21)26-19-6-3-2-5-17(18)19/h2-13H,14H2,1H3,(H,25,27). The molecule has 0 radical (unpaired) electrons. The Labute approximate surface area is 182 Å². The molecule has 0 saturated heterocycles. The van der Waals surface area contributed by atoms with Crippen LogP contribution < -0.4 is 5.32 Å². The molecule has 1 N–H and O–H groups in total. The number of furan rings is 1. The lowest BCUT2D eigenvalue weighted by Crippen LogP contribution is -2.21. The van der Waals surface area contributed by atoms with E-state index in [-0.39, 0.29) is 5.56 Å². The summed E-state index contributed by atoms with van der Waals surface area (Å²) in [5.74, 6) is -1.14. The van der Waals surface area contributed by atoms with E-state index >= 15 is 0 Å². The molecule has 0 aliphatic carbocycles. The van der Waals surface area contributed by atoms with Crippen LogP contribution >= 0.6 is 0 Å². The summed E-state index contributed by atoms with van der Waals surface area (Å²) in [6.07, 6.45) is 1.52. The van der Waals surface area contributed by atoms with Crippen molar-refractivity contribution < 1.29 is 28.3 Å². The first-order chi connectivity index (χ1) is 15.5. The number of esters is 2. The number of carbonyl (C=O) groups excluding carboxylic acids is 3. The van der Waals surface area contributed by atoms with Crippen molar-refractivity contribution in [2.45, 2.75) is 0 Å². The molecule has 0 aliphatic rings. The van der Waals surface area contributed by atoms with Crippen LogP contribution in [0.25, 0.3) is 22.4 Å². The minimum absolute atomic E-state index is 0.275. The van der Waals surface area contributed by atoms with Gasteiger partial charge in [-0.2, -0.15) is 0 Å². The fourth-order valence-corrected chi connectivity index (χ4v) is 3.11. The van der Waals surface area contributed by atoms with Crippen molar-refractivity contribution in [2.24, 2.45) is 0 Å².